The van der Waals surface area contributed by atoms with Crippen LogP contribution in [0.5, 0.6) is 5.75 Å². The summed E-state index contributed by atoms with van der Waals surface area (Å²) in [6, 6.07) is 22.1. The molecule has 10 nitrogen and oxygen atoms in total. The fourth-order valence-corrected chi connectivity index (χ4v) is 6.33. The van der Waals surface area contributed by atoms with Gasteiger partial charge in [-0.2, -0.15) is 0 Å². The molecule has 0 aliphatic rings. The van der Waals surface area contributed by atoms with Gasteiger partial charge in [-0.25, -0.2) is 10.1 Å². The average Bonchev–Trinajstić information content (AvgIpc) is 3.17. The number of carbonyl (C=O) groups excluding carboxylic acids is 2. The zero-order chi connectivity index (χ0) is 37.2. The van der Waals surface area contributed by atoms with Gasteiger partial charge in [0.25, 0.3) is 0 Å². The Balaban J connectivity index is 1.24. The number of esters is 1. The number of benzene rings is 3. The smallest absolute Gasteiger partial charge is 0.348 e. The van der Waals surface area contributed by atoms with Crippen molar-refractivity contribution in [2.24, 2.45) is 11.8 Å². The van der Waals surface area contributed by atoms with Crippen LogP contribution < -0.4 is 4.74 Å². The standard InChI is InChI=1S/C42H60O10/c1-4-6-7-8-9-10-13-16-19-34-20-22-36(23-21-34)37-24-25-39-32-40(27-26-38(39)31-37)46-28-17-14-11-12-15-18-29-47-41(43)33(3)30-35(5-2)42(44)48-50-52-51-49-45/h20-27,31-33,35,45H,4-19,28-30H2,1-3H3. The van der Waals surface area contributed by atoms with E-state index in [1.807, 2.05) is 0 Å². The van der Waals surface area contributed by atoms with Crippen molar-refractivity contribution >= 4 is 22.7 Å². The highest BCUT2D eigenvalue weighted by atomic mass is 17.8. The fourth-order valence-electron chi connectivity index (χ4n) is 6.33. The SMILES string of the molecule is CCCCCCCCCCc1ccc(-c2ccc3cc(OCCCCCCCCOC(=O)C(C)CC(CC)C(=O)OOOOOO)ccc3c2)cc1. The van der Waals surface area contributed by atoms with Gasteiger partial charge < -0.3 is 9.47 Å². The molecule has 0 amide bonds. The topological polar surface area (TPSA) is 119 Å². The molecule has 0 aliphatic heterocycles. The summed E-state index contributed by atoms with van der Waals surface area (Å²) in [5.41, 5.74) is 3.92. The van der Waals surface area contributed by atoms with Gasteiger partial charge in [0.2, 0.25) is 0 Å². The molecule has 0 radical (unpaired) electrons. The minimum absolute atomic E-state index is 0.228. The van der Waals surface area contributed by atoms with E-state index in [1.54, 1.807) is 13.8 Å². The summed E-state index contributed by atoms with van der Waals surface area (Å²) in [5.74, 6) is -1.31. The molecule has 0 aromatic heterocycles. The van der Waals surface area contributed by atoms with Crippen molar-refractivity contribution in [3.63, 3.8) is 0 Å². The van der Waals surface area contributed by atoms with Crippen molar-refractivity contribution in [2.75, 3.05) is 13.2 Å². The van der Waals surface area contributed by atoms with Crippen LogP contribution in [-0.2, 0) is 45.8 Å². The third-order valence-corrected chi connectivity index (χ3v) is 9.54. The normalized spacial score (nSPS) is 12.5. The van der Waals surface area contributed by atoms with E-state index in [2.05, 4.69) is 92.6 Å². The summed E-state index contributed by atoms with van der Waals surface area (Å²) in [6.45, 7) is 6.78. The molecule has 2 atom stereocenters. The van der Waals surface area contributed by atoms with Crippen molar-refractivity contribution in [1.29, 1.82) is 0 Å². The number of fused-ring (bicyclic) bond motifs is 1. The van der Waals surface area contributed by atoms with E-state index in [1.165, 1.54) is 78.8 Å². The summed E-state index contributed by atoms with van der Waals surface area (Å²) >= 11 is 0. The van der Waals surface area contributed by atoms with Gasteiger partial charge in [0.15, 0.2) is 0 Å². The summed E-state index contributed by atoms with van der Waals surface area (Å²) < 4.78 is 11.5. The third kappa shape index (κ3) is 16.9. The first kappa shape index (κ1) is 42.9. The lowest BCUT2D eigenvalue weighted by atomic mass is 9.94. The minimum Gasteiger partial charge on any atom is -0.494 e. The Labute approximate surface area is 309 Å². The first-order chi connectivity index (χ1) is 25.4. The van der Waals surface area contributed by atoms with E-state index in [4.69, 9.17) is 14.7 Å². The van der Waals surface area contributed by atoms with Crippen molar-refractivity contribution in [2.45, 2.75) is 130 Å². The number of unbranched alkanes of at least 4 members (excludes halogenated alkanes) is 12. The molecule has 0 bridgehead atoms. The van der Waals surface area contributed by atoms with E-state index in [9.17, 15) is 9.59 Å². The lowest BCUT2D eigenvalue weighted by molar-refractivity contribution is -0.745. The zero-order valence-electron chi connectivity index (χ0n) is 31.5. The number of hydrogen-bond donors (Lipinski definition) is 1. The molecule has 3 aromatic carbocycles. The Kier molecular flexibility index (Phi) is 21.6. The molecule has 52 heavy (non-hydrogen) atoms. The molecule has 3 aromatic rings. The highest BCUT2D eigenvalue weighted by Gasteiger charge is 2.26. The summed E-state index contributed by atoms with van der Waals surface area (Å²) in [4.78, 5) is 28.7. The van der Waals surface area contributed by atoms with Crippen LogP contribution in [0.15, 0.2) is 60.7 Å². The lowest BCUT2D eigenvalue weighted by Crippen LogP contribution is -2.24. The first-order valence-electron chi connectivity index (χ1n) is 19.4. The van der Waals surface area contributed by atoms with Crippen LogP contribution in [-0.4, -0.2) is 30.4 Å². The van der Waals surface area contributed by atoms with Crippen LogP contribution in [0.4, 0.5) is 0 Å². The Hall–Kier alpha value is -3.54. The Morgan fingerprint density at radius 2 is 1.25 bits per heavy atom. The molecular formula is C42H60O10. The summed E-state index contributed by atoms with van der Waals surface area (Å²) in [6.07, 6.45) is 18.6. The van der Waals surface area contributed by atoms with E-state index in [0.29, 0.717) is 19.6 Å². The fraction of sp³-hybridized carbons (Fsp3) is 0.571. The highest BCUT2D eigenvalue weighted by Crippen LogP contribution is 2.28. The van der Waals surface area contributed by atoms with Gasteiger partial charge in [-0.15, -0.1) is 0 Å². The maximum Gasteiger partial charge on any atom is 0.348 e. The largest absolute Gasteiger partial charge is 0.494 e. The molecular weight excluding hydrogens is 664 g/mol. The predicted octanol–water partition coefficient (Wildman–Crippen LogP) is 11.2. The molecule has 10 heteroatoms. The van der Waals surface area contributed by atoms with Crippen molar-refractivity contribution in [1.82, 2.24) is 0 Å². The second-order valence-corrected chi connectivity index (χ2v) is 13.7. The molecule has 0 aliphatic carbocycles. The van der Waals surface area contributed by atoms with Gasteiger partial charge in [-0.1, -0.05) is 134 Å². The highest BCUT2D eigenvalue weighted by molar-refractivity contribution is 5.88. The van der Waals surface area contributed by atoms with Crippen LogP contribution in [0.2, 0.25) is 0 Å². The Morgan fingerprint density at radius 3 is 1.94 bits per heavy atom. The number of rotatable bonds is 29. The monoisotopic (exact) mass is 724 g/mol. The Bertz CT molecular complexity index is 1410. The van der Waals surface area contributed by atoms with Gasteiger partial charge in [0.1, 0.15) is 5.75 Å². The summed E-state index contributed by atoms with van der Waals surface area (Å²) in [5, 5.41) is 24.8. The van der Waals surface area contributed by atoms with Crippen LogP contribution in [0.1, 0.15) is 129 Å². The quantitative estimate of drug-likeness (QED) is 0.0320. The van der Waals surface area contributed by atoms with Crippen molar-refractivity contribution in [3.05, 3.63) is 66.2 Å². The van der Waals surface area contributed by atoms with Gasteiger partial charge in [-0.3, -0.25) is 9.68 Å². The number of ether oxygens (including phenoxy) is 2. The number of aryl methyl sites for hydroxylation is 1. The molecule has 3 rings (SSSR count). The molecule has 0 saturated heterocycles. The molecule has 288 valence electrons. The van der Waals surface area contributed by atoms with E-state index in [0.717, 1.165) is 50.7 Å². The van der Waals surface area contributed by atoms with E-state index >= 15 is 0 Å². The van der Waals surface area contributed by atoms with E-state index in [-0.39, 0.29) is 12.4 Å². The average molecular weight is 725 g/mol. The molecule has 2 unspecified atom stereocenters. The molecule has 0 heterocycles. The van der Waals surface area contributed by atoms with Crippen LogP contribution in [0.25, 0.3) is 21.9 Å². The summed E-state index contributed by atoms with van der Waals surface area (Å²) in [7, 11) is 0. The van der Waals surface area contributed by atoms with Crippen molar-refractivity contribution < 1.29 is 49.4 Å². The molecule has 0 fully saturated rings. The van der Waals surface area contributed by atoms with Gasteiger partial charge in [0.05, 0.1) is 25.0 Å². The molecule has 0 spiro atoms. The van der Waals surface area contributed by atoms with E-state index < -0.39 is 17.8 Å². The second-order valence-electron chi connectivity index (χ2n) is 13.7. The predicted molar refractivity (Wildman–Crippen MR) is 200 cm³/mol. The maximum absolute atomic E-state index is 12.4. The minimum atomic E-state index is -0.749. The van der Waals surface area contributed by atoms with Gasteiger partial charge in [-0.05, 0) is 94.3 Å². The number of carbonyl (C=O) groups is 2. The lowest BCUT2D eigenvalue weighted by Gasteiger charge is -2.16. The first-order valence-corrected chi connectivity index (χ1v) is 19.4. The Morgan fingerprint density at radius 1 is 0.635 bits per heavy atom. The second kappa shape index (κ2) is 26.3. The zero-order valence-corrected chi connectivity index (χ0v) is 31.5. The van der Waals surface area contributed by atoms with Crippen LogP contribution in [0, 0.1) is 11.8 Å². The van der Waals surface area contributed by atoms with Crippen LogP contribution in [0.3, 0.4) is 0 Å². The third-order valence-electron chi connectivity index (χ3n) is 9.54. The number of hydrogen-bond acceptors (Lipinski definition) is 10. The van der Waals surface area contributed by atoms with Crippen molar-refractivity contribution in [3.8, 4) is 16.9 Å². The molecule has 1 N–H and O–H groups in total. The molecule has 0 saturated carbocycles. The maximum atomic E-state index is 12.4. The van der Waals surface area contributed by atoms with Gasteiger partial charge in [0, 0.05) is 10.1 Å². The van der Waals surface area contributed by atoms with Crippen LogP contribution >= 0.6 is 0 Å². The van der Waals surface area contributed by atoms with Gasteiger partial charge >= 0.3 is 11.9 Å².